The summed E-state index contributed by atoms with van der Waals surface area (Å²) in [5.74, 6) is 0. The zero-order valence-electron chi connectivity index (χ0n) is 7.13. The van der Waals surface area contributed by atoms with Crippen LogP contribution >= 0.6 is 11.6 Å². The molecule has 2 nitrogen and oxygen atoms in total. The van der Waals surface area contributed by atoms with Gasteiger partial charge in [0.05, 0.1) is 5.02 Å². The SMILES string of the molecule is C[C@H](N)CCc1ccncc1Cl. The first kappa shape index (κ1) is 9.49. The maximum absolute atomic E-state index is 5.90. The van der Waals surface area contributed by atoms with Gasteiger partial charge in [0.15, 0.2) is 0 Å². The fourth-order valence-electron chi connectivity index (χ4n) is 0.990. The summed E-state index contributed by atoms with van der Waals surface area (Å²) in [6, 6.07) is 2.17. The van der Waals surface area contributed by atoms with Gasteiger partial charge in [-0.25, -0.2) is 0 Å². The molecule has 66 valence electrons. The topological polar surface area (TPSA) is 38.9 Å². The fourth-order valence-corrected chi connectivity index (χ4v) is 1.20. The summed E-state index contributed by atoms with van der Waals surface area (Å²) in [4.78, 5) is 3.91. The molecule has 0 fully saturated rings. The van der Waals surface area contributed by atoms with Crippen molar-refractivity contribution in [1.82, 2.24) is 4.98 Å². The van der Waals surface area contributed by atoms with Crippen LogP contribution in [0.1, 0.15) is 18.9 Å². The minimum Gasteiger partial charge on any atom is -0.328 e. The molecular formula is C9H13ClN2. The van der Waals surface area contributed by atoms with Crippen LogP contribution in [0.3, 0.4) is 0 Å². The van der Waals surface area contributed by atoms with Crippen molar-refractivity contribution in [3.63, 3.8) is 0 Å². The number of halogens is 1. The van der Waals surface area contributed by atoms with Gasteiger partial charge in [-0.2, -0.15) is 0 Å². The standard InChI is InChI=1S/C9H13ClN2/c1-7(11)2-3-8-4-5-12-6-9(8)10/h4-7H,2-3,11H2,1H3/t7-/m0/s1. The Bertz CT molecular complexity index is 248. The molecule has 0 radical (unpaired) electrons. The van der Waals surface area contributed by atoms with E-state index in [-0.39, 0.29) is 6.04 Å². The van der Waals surface area contributed by atoms with Crippen LogP contribution in [-0.4, -0.2) is 11.0 Å². The quantitative estimate of drug-likeness (QED) is 0.781. The number of pyridine rings is 1. The van der Waals surface area contributed by atoms with E-state index in [1.165, 1.54) is 0 Å². The summed E-state index contributed by atoms with van der Waals surface area (Å²) >= 11 is 5.90. The van der Waals surface area contributed by atoms with E-state index < -0.39 is 0 Å². The molecule has 3 heteroatoms. The van der Waals surface area contributed by atoms with Crippen molar-refractivity contribution >= 4 is 11.6 Å². The van der Waals surface area contributed by atoms with Crippen molar-refractivity contribution in [2.24, 2.45) is 5.73 Å². The van der Waals surface area contributed by atoms with Gasteiger partial charge in [-0.15, -0.1) is 0 Å². The van der Waals surface area contributed by atoms with Crippen LogP contribution in [0.25, 0.3) is 0 Å². The van der Waals surface area contributed by atoms with Gasteiger partial charge in [0.25, 0.3) is 0 Å². The third-order valence-electron chi connectivity index (χ3n) is 1.73. The van der Waals surface area contributed by atoms with E-state index in [0.717, 1.165) is 23.4 Å². The van der Waals surface area contributed by atoms with Crippen molar-refractivity contribution in [2.45, 2.75) is 25.8 Å². The minimum atomic E-state index is 0.231. The summed E-state index contributed by atoms with van der Waals surface area (Å²) in [5.41, 5.74) is 6.76. The largest absolute Gasteiger partial charge is 0.328 e. The first-order valence-electron chi connectivity index (χ1n) is 4.04. The number of hydrogen-bond acceptors (Lipinski definition) is 2. The normalized spacial score (nSPS) is 12.9. The Balaban J connectivity index is 2.57. The minimum absolute atomic E-state index is 0.231. The molecule has 1 aromatic rings. The molecule has 2 N–H and O–H groups in total. The second kappa shape index (κ2) is 4.43. The van der Waals surface area contributed by atoms with Gasteiger partial charge in [-0.05, 0) is 31.4 Å². The highest BCUT2D eigenvalue weighted by atomic mass is 35.5. The Labute approximate surface area is 77.8 Å². The van der Waals surface area contributed by atoms with Crippen LogP contribution < -0.4 is 5.73 Å². The van der Waals surface area contributed by atoms with Crippen molar-refractivity contribution in [1.29, 1.82) is 0 Å². The average Bonchev–Trinajstić information content (AvgIpc) is 2.03. The lowest BCUT2D eigenvalue weighted by Gasteiger charge is -2.05. The van der Waals surface area contributed by atoms with Crippen LogP contribution in [0.2, 0.25) is 5.02 Å². The summed E-state index contributed by atoms with van der Waals surface area (Å²) in [7, 11) is 0. The maximum atomic E-state index is 5.90. The lowest BCUT2D eigenvalue weighted by Crippen LogP contribution is -2.15. The smallest absolute Gasteiger partial charge is 0.0621 e. The molecule has 1 aromatic heterocycles. The van der Waals surface area contributed by atoms with Crippen molar-refractivity contribution in [3.8, 4) is 0 Å². The molecule has 0 aliphatic rings. The fraction of sp³-hybridized carbons (Fsp3) is 0.444. The molecule has 12 heavy (non-hydrogen) atoms. The van der Waals surface area contributed by atoms with E-state index in [4.69, 9.17) is 17.3 Å². The van der Waals surface area contributed by atoms with E-state index in [2.05, 4.69) is 4.98 Å². The number of nitrogens with two attached hydrogens (primary N) is 1. The van der Waals surface area contributed by atoms with Gasteiger partial charge in [-0.1, -0.05) is 11.6 Å². The lowest BCUT2D eigenvalue weighted by atomic mass is 10.1. The summed E-state index contributed by atoms with van der Waals surface area (Å²) < 4.78 is 0. The highest BCUT2D eigenvalue weighted by Gasteiger charge is 2.00. The van der Waals surface area contributed by atoms with Crippen molar-refractivity contribution in [2.75, 3.05) is 0 Å². The molecule has 0 unspecified atom stereocenters. The lowest BCUT2D eigenvalue weighted by molar-refractivity contribution is 0.666. The van der Waals surface area contributed by atoms with Crippen LogP contribution in [0.5, 0.6) is 0 Å². The van der Waals surface area contributed by atoms with E-state index in [1.54, 1.807) is 12.4 Å². The Morgan fingerprint density at radius 3 is 3.00 bits per heavy atom. The van der Waals surface area contributed by atoms with E-state index in [9.17, 15) is 0 Å². The Morgan fingerprint density at radius 1 is 1.67 bits per heavy atom. The summed E-state index contributed by atoms with van der Waals surface area (Å²) in [6.07, 6.45) is 5.31. The first-order chi connectivity index (χ1) is 5.70. The van der Waals surface area contributed by atoms with Crippen LogP contribution in [0, 0.1) is 0 Å². The molecule has 0 aromatic carbocycles. The number of aromatic nitrogens is 1. The van der Waals surface area contributed by atoms with E-state index >= 15 is 0 Å². The Hall–Kier alpha value is -0.600. The van der Waals surface area contributed by atoms with Gasteiger partial charge in [0, 0.05) is 18.4 Å². The predicted octanol–water partition coefficient (Wildman–Crippen LogP) is 2.01. The van der Waals surface area contributed by atoms with Gasteiger partial charge < -0.3 is 5.73 Å². The van der Waals surface area contributed by atoms with Gasteiger partial charge in [0.2, 0.25) is 0 Å². The molecule has 1 atom stereocenters. The molecular weight excluding hydrogens is 172 g/mol. The van der Waals surface area contributed by atoms with Gasteiger partial charge in [0.1, 0.15) is 0 Å². The van der Waals surface area contributed by atoms with E-state index in [1.807, 2.05) is 13.0 Å². The molecule has 0 amide bonds. The third-order valence-corrected chi connectivity index (χ3v) is 2.07. The zero-order valence-corrected chi connectivity index (χ0v) is 7.88. The monoisotopic (exact) mass is 184 g/mol. The van der Waals surface area contributed by atoms with Gasteiger partial charge >= 0.3 is 0 Å². The van der Waals surface area contributed by atoms with Crippen molar-refractivity contribution < 1.29 is 0 Å². The number of aryl methyl sites for hydroxylation is 1. The predicted molar refractivity (Wildman–Crippen MR) is 51.2 cm³/mol. The molecule has 0 aliphatic carbocycles. The van der Waals surface area contributed by atoms with Crippen LogP contribution in [0.4, 0.5) is 0 Å². The highest BCUT2D eigenvalue weighted by molar-refractivity contribution is 6.31. The first-order valence-corrected chi connectivity index (χ1v) is 4.42. The maximum Gasteiger partial charge on any atom is 0.0621 e. The molecule has 0 saturated carbocycles. The number of rotatable bonds is 3. The van der Waals surface area contributed by atoms with Gasteiger partial charge in [-0.3, -0.25) is 4.98 Å². The molecule has 1 rings (SSSR count). The number of hydrogen-bond donors (Lipinski definition) is 1. The van der Waals surface area contributed by atoms with E-state index in [0.29, 0.717) is 0 Å². The third kappa shape index (κ3) is 2.80. The summed E-state index contributed by atoms with van der Waals surface area (Å²) in [6.45, 7) is 2.00. The van der Waals surface area contributed by atoms with Crippen LogP contribution in [0.15, 0.2) is 18.5 Å². The molecule has 1 heterocycles. The molecule has 0 bridgehead atoms. The highest BCUT2D eigenvalue weighted by Crippen LogP contribution is 2.15. The molecule has 0 spiro atoms. The second-order valence-electron chi connectivity index (χ2n) is 2.98. The summed E-state index contributed by atoms with van der Waals surface area (Å²) in [5, 5.41) is 0.734. The zero-order chi connectivity index (χ0) is 8.97. The molecule has 0 aliphatic heterocycles. The average molecular weight is 185 g/mol. The Kier molecular flexibility index (Phi) is 3.50. The van der Waals surface area contributed by atoms with Crippen LogP contribution in [-0.2, 0) is 6.42 Å². The number of nitrogens with zero attached hydrogens (tertiary/aromatic N) is 1. The van der Waals surface area contributed by atoms with Crippen molar-refractivity contribution in [3.05, 3.63) is 29.0 Å². The molecule has 0 saturated heterocycles. The Morgan fingerprint density at radius 2 is 2.42 bits per heavy atom. The second-order valence-corrected chi connectivity index (χ2v) is 3.39.